The number of hydrogen-bond donors (Lipinski definition) is 3. The lowest BCUT2D eigenvalue weighted by Crippen LogP contribution is -3.15. The van der Waals surface area contributed by atoms with Gasteiger partial charge in [-0.2, -0.15) is 0 Å². The maximum Gasteiger partial charge on any atom is 0.448 e. The van der Waals surface area contributed by atoms with E-state index in [0.717, 1.165) is 0 Å². The molecular weight excluding hydrogens is 212 g/mol. The van der Waals surface area contributed by atoms with Gasteiger partial charge in [0, 0.05) is 4.99 Å². The number of hydrogen-bond acceptors (Lipinski definition) is 8. The number of aliphatic imine (C=N–C) groups is 1. The molecule has 11 heteroatoms. The summed E-state index contributed by atoms with van der Waals surface area (Å²) >= 11 is 0. The van der Waals surface area contributed by atoms with Gasteiger partial charge in [0.2, 0.25) is 0 Å². The van der Waals surface area contributed by atoms with Crippen LogP contribution in [-0.2, 0) is 0 Å². The summed E-state index contributed by atoms with van der Waals surface area (Å²) in [7, 11) is 0. The molecule has 0 radical (unpaired) electrons. The molecule has 1 aliphatic rings. The Kier molecular flexibility index (Phi) is 2.24. The predicted molar refractivity (Wildman–Crippen MR) is 44.9 cm³/mol. The number of nitrogens with two attached hydrogens (primary N) is 2. The van der Waals surface area contributed by atoms with Crippen molar-refractivity contribution in [2.45, 2.75) is 6.17 Å². The lowest BCUT2D eigenvalue weighted by atomic mass is 10.4. The highest BCUT2D eigenvalue weighted by molar-refractivity contribution is 5.79. The number of nitrogens with one attached hydrogen (secondary N) is 1. The molecule has 1 aliphatic heterocycles. The van der Waals surface area contributed by atoms with Crippen LogP contribution >= 0.6 is 0 Å². The summed E-state index contributed by atoms with van der Waals surface area (Å²) in [5.41, 5.74) is 10.1. The summed E-state index contributed by atoms with van der Waals surface area (Å²) in [6.45, 7) is 0. The summed E-state index contributed by atoms with van der Waals surface area (Å²) in [6.07, 6.45) is -2.03. The Morgan fingerprint density at radius 3 is 2.40 bits per heavy atom. The van der Waals surface area contributed by atoms with Crippen LogP contribution in [0.25, 0.3) is 0 Å². The van der Waals surface area contributed by atoms with Crippen LogP contribution < -0.4 is 16.5 Å². The summed E-state index contributed by atoms with van der Waals surface area (Å²) in [5, 5.41) is 29.8. The molecule has 0 saturated heterocycles. The van der Waals surface area contributed by atoms with E-state index in [9.17, 15) is 25.4 Å². The maximum absolute atomic E-state index is 11.4. The van der Waals surface area contributed by atoms with Crippen LogP contribution in [-0.4, -0.2) is 21.8 Å². The Bertz CT molecular complexity index is 429. The first-order valence-electron chi connectivity index (χ1n) is 3.90. The fourth-order valence-electron chi connectivity index (χ4n) is 0.868. The smallest absolute Gasteiger partial charge is 0.448 e. The molecule has 0 fully saturated rings. The van der Waals surface area contributed by atoms with Crippen molar-refractivity contribution in [2.75, 3.05) is 0 Å². The second kappa shape index (κ2) is 3.56. The Labute approximate surface area is 83.0 Å². The molecule has 0 spiro atoms. The number of hydroxylamine groups is 2. The van der Waals surface area contributed by atoms with Crippen molar-refractivity contribution in [1.29, 1.82) is 0 Å². The zero-order valence-electron chi connectivity index (χ0n) is 8.06. The zero-order valence-corrected chi connectivity index (χ0v) is 7.06. The van der Waals surface area contributed by atoms with Crippen LogP contribution in [0.1, 0.15) is 0 Å². The highest BCUT2D eigenvalue weighted by atomic mass is 16.6. The molecule has 2 unspecified atom stereocenters. The highest BCUT2D eigenvalue weighted by Gasteiger charge is 2.41. The van der Waals surface area contributed by atoms with E-state index in [-0.39, 0.29) is 0 Å². The van der Waals surface area contributed by atoms with E-state index in [0.29, 0.717) is 0 Å². The first-order chi connectivity index (χ1) is 7.19. The Balaban J connectivity index is 3.43. The van der Waals surface area contributed by atoms with Crippen molar-refractivity contribution in [3.63, 3.8) is 0 Å². The number of nitro groups is 2. The average Bonchev–Trinajstić information content (AvgIpc) is 2.14. The van der Waals surface area contributed by atoms with Crippen molar-refractivity contribution < 1.29 is 16.3 Å². The molecule has 2 atom stereocenters. The van der Waals surface area contributed by atoms with Gasteiger partial charge in [-0.05, 0) is 9.85 Å². The van der Waals surface area contributed by atoms with E-state index in [2.05, 4.69) is 4.99 Å². The number of amidine groups is 1. The molecular formula is C4H6N6O5. The molecule has 0 aromatic carbocycles. The zero-order chi connectivity index (χ0) is 12.7. The van der Waals surface area contributed by atoms with Crippen LogP contribution in [0.5, 0.6) is 0 Å². The quantitative estimate of drug-likeness (QED) is 0.234. The minimum Gasteiger partial charge on any atom is -0.626 e. The monoisotopic (exact) mass is 219 g/mol. The molecule has 0 saturated carbocycles. The van der Waals surface area contributed by atoms with Gasteiger partial charge in [-0.3, -0.25) is 10.8 Å². The predicted octanol–water partition coefficient (Wildman–Crippen LogP) is -3.30. The fraction of sp³-hybridized carbons (Fsp3) is 0.250. The topological polar surface area (TPSA) is 178 Å². The molecule has 0 aromatic heterocycles. The molecule has 1 rings (SSSR count). The molecule has 15 heavy (non-hydrogen) atoms. The Hall–Kier alpha value is -2.11. The molecule has 5 N–H and O–H groups in total. The SMILES string of the molecule is [2H][N+]1([O-])C(N)=C([N+](=O)[O-])N=C([N+](=O)[O-])C1N. The van der Waals surface area contributed by atoms with Crippen LogP contribution in [0.15, 0.2) is 16.6 Å². The highest BCUT2D eigenvalue weighted by Crippen LogP contribution is 2.04. The first kappa shape index (κ1) is 9.45. The van der Waals surface area contributed by atoms with Crippen molar-refractivity contribution in [2.24, 2.45) is 16.5 Å². The summed E-state index contributed by atoms with van der Waals surface area (Å²) < 4.78 is 7.07. The third kappa shape index (κ3) is 1.74. The standard InChI is InChI=1S/C4H6N6O5/c5-1-3(9(12)13)7-4(10(14)15)2(6)8(1)11/h1,8H,5-6H2/i8D. The second-order valence-corrected chi connectivity index (χ2v) is 2.46. The van der Waals surface area contributed by atoms with Gasteiger partial charge in [0.05, 0.1) is 0 Å². The average molecular weight is 219 g/mol. The van der Waals surface area contributed by atoms with Gasteiger partial charge in [0.15, 0.2) is 0 Å². The fourth-order valence-corrected chi connectivity index (χ4v) is 0.868. The lowest BCUT2D eigenvalue weighted by Gasteiger charge is -2.26. The van der Waals surface area contributed by atoms with Crippen molar-refractivity contribution in [3.8, 4) is 0 Å². The van der Waals surface area contributed by atoms with Gasteiger partial charge >= 0.3 is 13.1 Å². The number of quaternary nitrogens is 1. The van der Waals surface area contributed by atoms with E-state index in [4.69, 9.17) is 12.9 Å². The third-order valence-corrected chi connectivity index (χ3v) is 1.56. The number of rotatable bonds is 1. The second-order valence-electron chi connectivity index (χ2n) is 2.46. The third-order valence-electron chi connectivity index (χ3n) is 1.56. The Morgan fingerprint density at radius 2 is 2.00 bits per heavy atom. The normalized spacial score (nSPS) is 32.0. The molecule has 1 heterocycles. The van der Waals surface area contributed by atoms with Crippen LogP contribution in [0.2, 0.25) is 1.41 Å². The van der Waals surface area contributed by atoms with Gasteiger partial charge in [0.1, 0.15) is 0 Å². The molecule has 82 valence electrons. The van der Waals surface area contributed by atoms with E-state index >= 15 is 0 Å². The van der Waals surface area contributed by atoms with Crippen LogP contribution in [0.4, 0.5) is 0 Å². The Morgan fingerprint density at radius 1 is 1.47 bits per heavy atom. The molecule has 0 amide bonds. The number of nitrogens with zero attached hydrogens (tertiary/aromatic N) is 3. The van der Waals surface area contributed by atoms with Crippen LogP contribution in [0, 0.1) is 25.4 Å². The van der Waals surface area contributed by atoms with Crippen molar-refractivity contribution >= 4 is 5.84 Å². The van der Waals surface area contributed by atoms with Gasteiger partial charge in [-0.15, -0.1) is 0 Å². The summed E-state index contributed by atoms with van der Waals surface area (Å²) in [6, 6.07) is 0. The lowest BCUT2D eigenvalue weighted by molar-refractivity contribution is -0.833. The van der Waals surface area contributed by atoms with Gasteiger partial charge in [-0.1, -0.05) is 0 Å². The first-order valence-corrected chi connectivity index (χ1v) is 3.45. The summed E-state index contributed by atoms with van der Waals surface area (Å²) in [4.78, 5) is 21.4. The molecule has 0 aromatic rings. The largest absolute Gasteiger partial charge is 0.626 e. The van der Waals surface area contributed by atoms with E-state index in [1.54, 1.807) is 0 Å². The van der Waals surface area contributed by atoms with Crippen molar-refractivity contribution in [1.82, 2.24) is 0 Å². The maximum atomic E-state index is 11.4. The van der Waals surface area contributed by atoms with Gasteiger partial charge in [-0.25, -0.2) is 0 Å². The molecule has 11 nitrogen and oxygen atoms in total. The van der Waals surface area contributed by atoms with Gasteiger partial charge in [0.25, 0.3) is 12.0 Å². The van der Waals surface area contributed by atoms with E-state index < -0.39 is 38.5 Å². The molecule has 0 bridgehead atoms. The minimum absolute atomic E-state index is 1.11. The van der Waals surface area contributed by atoms with E-state index in [1.807, 2.05) is 0 Å². The summed E-state index contributed by atoms with van der Waals surface area (Å²) in [5.74, 6) is -3.52. The van der Waals surface area contributed by atoms with Gasteiger partial charge < -0.3 is 31.2 Å². The van der Waals surface area contributed by atoms with Crippen LogP contribution in [0.3, 0.4) is 0 Å². The van der Waals surface area contributed by atoms with E-state index in [1.165, 1.54) is 0 Å². The van der Waals surface area contributed by atoms with Crippen molar-refractivity contribution in [3.05, 3.63) is 37.1 Å². The minimum atomic E-state index is -2.38. The molecule has 0 aliphatic carbocycles.